The first kappa shape index (κ1) is 28.2. The highest BCUT2D eigenvalue weighted by Gasteiger charge is 2.70. The van der Waals surface area contributed by atoms with Gasteiger partial charge in [-0.3, -0.25) is 18.9 Å². The maximum atomic E-state index is 14.2. The van der Waals surface area contributed by atoms with Crippen molar-refractivity contribution in [1.82, 2.24) is 9.55 Å². The number of aromatic amines is 1. The molecule has 2 heterocycles. The van der Waals surface area contributed by atoms with E-state index in [-0.39, 0.29) is 6.42 Å². The lowest BCUT2D eigenvalue weighted by Gasteiger charge is -2.33. The van der Waals surface area contributed by atoms with Crippen LogP contribution in [-0.2, 0) is 31.6 Å². The first-order valence-electron chi connectivity index (χ1n) is 9.27. The average molecular weight is 568 g/mol. The highest BCUT2D eigenvalue weighted by molar-refractivity contribution is 7.66. The van der Waals surface area contributed by atoms with E-state index in [4.69, 9.17) is 14.5 Å². The van der Waals surface area contributed by atoms with Crippen molar-refractivity contribution in [2.24, 2.45) is 5.92 Å². The van der Waals surface area contributed by atoms with E-state index in [1.807, 2.05) is 4.98 Å². The van der Waals surface area contributed by atoms with E-state index in [2.05, 4.69) is 19.7 Å². The predicted octanol–water partition coefficient (Wildman–Crippen LogP) is -1.21. The molecule has 1 saturated heterocycles. The molecule has 7 N–H and O–H groups in total. The number of hydrogen-bond donors (Lipinski definition) is 7. The lowest BCUT2D eigenvalue weighted by atomic mass is 9.83. The zero-order chi connectivity index (χ0) is 26.6. The SMILES string of the molecule is C=C1CC1C1(O)C(n2ccc(=O)[nH]c2=O)OC(CF)(COP(=O)(O)OP(=O)(O)OP(=O)(O)O)C1O. The normalized spacial score (nSPS) is 34.4. The summed E-state index contributed by atoms with van der Waals surface area (Å²) < 4.78 is 66.0. The van der Waals surface area contributed by atoms with Crippen molar-refractivity contribution in [2.75, 3.05) is 13.3 Å². The summed E-state index contributed by atoms with van der Waals surface area (Å²) >= 11 is 0. The Balaban J connectivity index is 1.92. The van der Waals surface area contributed by atoms with Crippen LogP contribution < -0.4 is 11.2 Å². The van der Waals surface area contributed by atoms with Gasteiger partial charge in [-0.25, -0.2) is 22.9 Å². The maximum Gasteiger partial charge on any atom is 0.490 e. The van der Waals surface area contributed by atoms with Crippen LogP contribution in [0.2, 0.25) is 0 Å². The first-order chi connectivity index (χ1) is 15.9. The van der Waals surface area contributed by atoms with Gasteiger partial charge in [-0.1, -0.05) is 12.2 Å². The van der Waals surface area contributed by atoms with Crippen molar-refractivity contribution in [1.29, 1.82) is 0 Å². The van der Waals surface area contributed by atoms with Gasteiger partial charge >= 0.3 is 29.2 Å². The minimum Gasteiger partial charge on any atom is -0.387 e. The fourth-order valence-electron chi connectivity index (χ4n) is 3.64. The summed E-state index contributed by atoms with van der Waals surface area (Å²) in [7, 11) is -17.3. The van der Waals surface area contributed by atoms with Crippen LogP contribution in [0.25, 0.3) is 0 Å². The highest BCUT2D eigenvalue weighted by Crippen LogP contribution is 2.67. The molecule has 0 spiro atoms. The van der Waals surface area contributed by atoms with Gasteiger partial charge in [-0.15, -0.1) is 0 Å². The Labute approximate surface area is 193 Å². The molecule has 1 aromatic heterocycles. The first-order valence-corrected chi connectivity index (χ1v) is 13.8. The Morgan fingerprint density at radius 2 is 1.80 bits per heavy atom. The maximum absolute atomic E-state index is 14.2. The van der Waals surface area contributed by atoms with Crippen LogP contribution in [0.3, 0.4) is 0 Å². The number of H-pyrrole nitrogens is 1. The van der Waals surface area contributed by atoms with Gasteiger partial charge in [0.15, 0.2) is 11.8 Å². The summed E-state index contributed by atoms with van der Waals surface area (Å²) in [5.41, 5.74) is -6.73. The Hall–Kier alpha value is -1.36. The third kappa shape index (κ3) is 5.81. The van der Waals surface area contributed by atoms with Crippen molar-refractivity contribution in [3.05, 3.63) is 45.3 Å². The molecule has 7 atom stereocenters. The number of rotatable bonds is 10. The molecule has 35 heavy (non-hydrogen) atoms. The number of nitrogens with one attached hydrogen (secondary N) is 1. The third-order valence-corrected chi connectivity index (χ3v) is 9.04. The summed E-state index contributed by atoms with van der Waals surface area (Å²) in [4.78, 5) is 61.6. The summed E-state index contributed by atoms with van der Waals surface area (Å²) in [6.07, 6.45) is -3.17. The van der Waals surface area contributed by atoms with Crippen molar-refractivity contribution in [2.45, 2.75) is 30.0 Å². The number of phosphoric acid groups is 3. The number of nitrogens with zero attached hydrogens (tertiary/aromatic N) is 1. The summed E-state index contributed by atoms with van der Waals surface area (Å²) in [6.45, 7) is 0.451. The minimum atomic E-state index is -5.89. The van der Waals surface area contributed by atoms with E-state index in [1.54, 1.807) is 0 Å². The minimum absolute atomic E-state index is 0.115. The molecule has 2 aliphatic rings. The molecule has 1 aliphatic heterocycles. The van der Waals surface area contributed by atoms with Gasteiger partial charge in [0.1, 0.15) is 18.4 Å². The Morgan fingerprint density at radius 1 is 1.20 bits per heavy atom. The second-order valence-corrected chi connectivity index (χ2v) is 12.2. The smallest absolute Gasteiger partial charge is 0.387 e. The van der Waals surface area contributed by atoms with Crippen molar-refractivity contribution < 1.29 is 65.8 Å². The van der Waals surface area contributed by atoms with Crippen LogP contribution in [0.4, 0.5) is 4.39 Å². The standard InChI is InChI=1S/C14H20FN2O15P3/c1-7-4-8(7)14(21)10(19)13(5-15,30-11(14)17-3-2-9(18)16-12(17)20)6-29-34(25,26)32-35(27,28)31-33(22,23)24/h2-3,8,10-11,19,21H,1,4-6H2,(H,25,26)(H,27,28)(H,16,18,20)(H2,22,23,24). The van der Waals surface area contributed by atoms with E-state index in [9.17, 15) is 47.7 Å². The largest absolute Gasteiger partial charge is 0.490 e. The van der Waals surface area contributed by atoms with Gasteiger partial charge in [-0.05, 0) is 6.42 Å². The molecule has 21 heteroatoms. The van der Waals surface area contributed by atoms with Crippen molar-refractivity contribution in [3.63, 3.8) is 0 Å². The van der Waals surface area contributed by atoms with Crippen molar-refractivity contribution >= 4 is 23.5 Å². The quantitative estimate of drug-likeness (QED) is 0.129. The molecular formula is C14H20FN2O15P3. The van der Waals surface area contributed by atoms with E-state index >= 15 is 0 Å². The topological polar surface area (TPSA) is 264 Å². The van der Waals surface area contributed by atoms with Crippen LogP contribution >= 0.6 is 23.5 Å². The number of phosphoric ester groups is 1. The summed E-state index contributed by atoms with van der Waals surface area (Å²) in [5.74, 6) is -0.943. The van der Waals surface area contributed by atoms with Gasteiger partial charge in [-0.2, -0.15) is 8.62 Å². The lowest BCUT2D eigenvalue weighted by molar-refractivity contribution is -0.140. The molecule has 198 valence electrons. The van der Waals surface area contributed by atoms with Crippen molar-refractivity contribution in [3.8, 4) is 0 Å². The Bertz CT molecular complexity index is 1280. The number of hydrogen-bond acceptors (Lipinski definition) is 11. The van der Waals surface area contributed by atoms with Crippen LogP contribution in [0.1, 0.15) is 12.6 Å². The molecule has 0 aromatic carbocycles. The molecule has 1 saturated carbocycles. The molecular weight excluding hydrogens is 548 g/mol. The number of aliphatic hydroxyl groups excluding tert-OH is 1. The summed E-state index contributed by atoms with van der Waals surface area (Å²) in [6, 6.07) is 0.862. The lowest BCUT2D eigenvalue weighted by Crippen LogP contribution is -2.56. The average Bonchev–Trinajstić information content (AvgIpc) is 3.37. The molecule has 1 aromatic rings. The number of aromatic nitrogens is 2. The molecule has 17 nitrogen and oxygen atoms in total. The molecule has 1 aliphatic carbocycles. The molecule has 3 rings (SSSR count). The molecule has 0 bridgehead atoms. The number of halogens is 1. The zero-order valence-electron chi connectivity index (χ0n) is 17.2. The van der Waals surface area contributed by atoms with E-state index in [1.165, 1.54) is 0 Å². The van der Waals surface area contributed by atoms with Gasteiger partial charge in [0, 0.05) is 18.2 Å². The zero-order valence-corrected chi connectivity index (χ0v) is 19.9. The third-order valence-electron chi connectivity index (χ3n) is 5.25. The van der Waals surface area contributed by atoms with E-state index < -0.39 is 77.5 Å². The Morgan fingerprint density at radius 3 is 2.29 bits per heavy atom. The molecule has 0 amide bonds. The fraction of sp³-hybridized carbons (Fsp3) is 0.571. The van der Waals surface area contributed by atoms with Crippen LogP contribution in [0.5, 0.6) is 0 Å². The monoisotopic (exact) mass is 568 g/mol. The summed E-state index contributed by atoms with van der Waals surface area (Å²) in [5, 5.41) is 22.2. The highest BCUT2D eigenvalue weighted by atomic mass is 31.3. The predicted molar refractivity (Wildman–Crippen MR) is 108 cm³/mol. The number of ether oxygens (including phenoxy) is 1. The second kappa shape index (κ2) is 9.19. The van der Waals surface area contributed by atoms with Gasteiger partial charge < -0.3 is 34.5 Å². The second-order valence-electron chi connectivity index (χ2n) is 7.76. The van der Waals surface area contributed by atoms with Gasteiger partial charge in [0.25, 0.3) is 5.56 Å². The number of alkyl halides is 1. The molecule has 2 fully saturated rings. The molecule has 0 radical (unpaired) electrons. The fourth-order valence-corrected chi connectivity index (χ4v) is 6.71. The Kier molecular flexibility index (Phi) is 7.41. The van der Waals surface area contributed by atoms with Gasteiger partial charge in [0.2, 0.25) is 0 Å². The number of aliphatic hydroxyl groups is 2. The van der Waals surface area contributed by atoms with Gasteiger partial charge in [0.05, 0.1) is 6.61 Å². The van der Waals surface area contributed by atoms with Crippen LogP contribution in [0, 0.1) is 5.92 Å². The van der Waals surface area contributed by atoms with Crippen LogP contribution in [0.15, 0.2) is 34.0 Å². The van der Waals surface area contributed by atoms with E-state index in [0.717, 1.165) is 12.3 Å². The molecule has 7 unspecified atom stereocenters. The van der Waals surface area contributed by atoms with E-state index in [0.29, 0.717) is 10.1 Å². The van der Waals surface area contributed by atoms with Crippen LogP contribution in [-0.4, -0.2) is 69.9 Å².